The molecule has 1 heterocycles. The number of halogens is 3. The molecule has 2 unspecified atom stereocenters. The monoisotopic (exact) mass is 479 g/mol. The number of nitrogens with one attached hydrogen (secondary N) is 1. The second-order valence-electron chi connectivity index (χ2n) is 8.08. The second kappa shape index (κ2) is 9.13. The minimum absolute atomic E-state index is 0.0442. The minimum atomic E-state index is -4.54. The Morgan fingerprint density at radius 2 is 1.67 bits per heavy atom. The van der Waals surface area contributed by atoms with E-state index in [2.05, 4.69) is 5.32 Å². The molecule has 0 aromatic heterocycles. The molecule has 176 valence electrons. The number of aryl methyl sites for hydroxylation is 1. The first-order valence-electron chi connectivity index (χ1n) is 10.4. The molecule has 5 nitrogen and oxygen atoms in total. The fraction of sp³-hybridized carbons (Fsp3) is 0.375. The van der Waals surface area contributed by atoms with Gasteiger partial charge in [0.05, 0.1) is 24.2 Å². The van der Waals surface area contributed by atoms with Crippen molar-refractivity contribution in [3.63, 3.8) is 0 Å². The smallest absolute Gasteiger partial charge is 0.416 e. The lowest BCUT2D eigenvalue weighted by molar-refractivity contribution is -0.155. The van der Waals surface area contributed by atoms with E-state index in [1.165, 1.54) is 0 Å². The van der Waals surface area contributed by atoms with Crippen molar-refractivity contribution in [3.05, 3.63) is 70.8 Å². The predicted molar refractivity (Wildman–Crippen MR) is 120 cm³/mol. The maximum absolute atomic E-state index is 13.5. The summed E-state index contributed by atoms with van der Waals surface area (Å²) >= 11 is 5.45. The fourth-order valence-electron chi connectivity index (χ4n) is 3.97. The zero-order valence-electron chi connectivity index (χ0n) is 18.4. The van der Waals surface area contributed by atoms with Crippen LogP contribution in [-0.4, -0.2) is 30.1 Å². The summed E-state index contributed by atoms with van der Waals surface area (Å²) in [6.07, 6.45) is -4.21. The number of hydrogen-bond donors (Lipinski definition) is 1. The maximum Gasteiger partial charge on any atom is 0.416 e. The van der Waals surface area contributed by atoms with E-state index in [1.807, 2.05) is 6.92 Å². The summed E-state index contributed by atoms with van der Waals surface area (Å²) in [5, 5.41) is 2.92. The van der Waals surface area contributed by atoms with Crippen molar-refractivity contribution < 1.29 is 32.2 Å². The topological polar surface area (TPSA) is 64.6 Å². The van der Waals surface area contributed by atoms with E-state index in [4.69, 9.17) is 21.7 Å². The van der Waals surface area contributed by atoms with Crippen LogP contribution in [0.3, 0.4) is 0 Å². The van der Waals surface area contributed by atoms with E-state index in [-0.39, 0.29) is 23.8 Å². The summed E-state index contributed by atoms with van der Waals surface area (Å²) < 4.78 is 49.8. The highest BCUT2D eigenvalue weighted by molar-refractivity contribution is 7.80. The van der Waals surface area contributed by atoms with Gasteiger partial charge in [-0.1, -0.05) is 29.8 Å². The zero-order valence-corrected chi connectivity index (χ0v) is 19.2. The van der Waals surface area contributed by atoms with Crippen molar-refractivity contribution in [2.45, 2.75) is 38.9 Å². The normalized spacial score (nSPS) is 20.0. The highest BCUT2D eigenvalue weighted by Crippen LogP contribution is 2.48. The van der Waals surface area contributed by atoms with Gasteiger partial charge in [0.15, 0.2) is 10.6 Å². The van der Waals surface area contributed by atoms with Gasteiger partial charge in [-0.05, 0) is 69.2 Å². The van der Waals surface area contributed by atoms with Crippen LogP contribution in [0.4, 0.5) is 13.2 Å². The molecule has 0 saturated carbocycles. The number of carbonyl (C=O) groups is 2. The van der Waals surface area contributed by atoms with Crippen LogP contribution in [-0.2, 0) is 26.0 Å². The third-order valence-electron chi connectivity index (χ3n) is 5.96. The van der Waals surface area contributed by atoms with Gasteiger partial charge in [-0.25, -0.2) is 4.79 Å². The molecule has 1 amide bonds. The minimum Gasteiger partial charge on any atom is -0.486 e. The molecule has 2 atom stereocenters. The Bertz CT molecular complexity index is 1050. The van der Waals surface area contributed by atoms with Gasteiger partial charge >= 0.3 is 12.1 Å². The van der Waals surface area contributed by atoms with E-state index in [0.29, 0.717) is 12.0 Å². The third kappa shape index (κ3) is 4.46. The second-order valence-corrected chi connectivity index (χ2v) is 8.45. The predicted octanol–water partition coefficient (Wildman–Crippen LogP) is 4.96. The lowest BCUT2D eigenvalue weighted by Crippen LogP contribution is -2.63. The average molecular weight is 480 g/mol. The molecule has 33 heavy (non-hydrogen) atoms. The first kappa shape index (κ1) is 24.7. The Labute approximate surface area is 195 Å². The third-order valence-corrected chi connectivity index (χ3v) is 6.52. The maximum atomic E-state index is 13.5. The van der Waals surface area contributed by atoms with Gasteiger partial charge in [0.25, 0.3) is 5.91 Å². The van der Waals surface area contributed by atoms with Crippen LogP contribution in [0.2, 0.25) is 0 Å². The van der Waals surface area contributed by atoms with Crippen LogP contribution in [0.1, 0.15) is 47.3 Å². The van der Waals surface area contributed by atoms with Crippen LogP contribution >= 0.6 is 12.2 Å². The van der Waals surface area contributed by atoms with E-state index in [1.54, 1.807) is 38.1 Å². The number of thiocarbonyl (C=S) groups is 1. The Hall–Kier alpha value is -2.94. The van der Waals surface area contributed by atoms with Gasteiger partial charge in [0.2, 0.25) is 0 Å². The molecule has 3 rings (SSSR count). The molecular formula is C24H24F3NO4S. The number of rotatable bonds is 6. The van der Waals surface area contributed by atoms with Gasteiger partial charge in [0.1, 0.15) is 0 Å². The van der Waals surface area contributed by atoms with Gasteiger partial charge in [0, 0.05) is 5.56 Å². The summed E-state index contributed by atoms with van der Waals surface area (Å²) in [4.78, 5) is 26.8. The molecule has 2 aromatic rings. The number of hydrogen-bond acceptors (Lipinski definition) is 5. The first-order chi connectivity index (χ1) is 15.5. The van der Waals surface area contributed by atoms with Crippen LogP contribution in [0, 0.1) is 12.3 Å². The molecule has 1 aliphatic heterocycles. The summed E-state index contributed by atoms with van der Waals surface area (Å²) in [5.41, 5.74) is -2.47. The van der Waals surface area contributed by atoms with E-state index in [0.717, 1.165) is 29.8 Å². The number of benzene rings is 2. The Kier molecular flexibility index (Phi) is 6.83. The molecule has 2 aromatic carbocycles. The molecular weight excluding hydrogens is 455 g/mol. The van der Waals surface area contributed by atoms with Crippen molar-refractivity contribution in [3.8, 4) is 0 Å². The molecule has 1 saturated heterocycles. The molecule has 1 aliphatic rings. The van der Waals surface area contributed by atoms with Crippen LogP contribution < -0.4 is 5.32 Å². The van der Waals surface area contributed by atoms with Crippen molar-refractivity contribution in [2.75, 3.05) is 13.2 Å². The van der Waals surface area contributed by atoms with Gasteiger partial charge in [-0.3, -0.25) is 4.79 Å². The molecule has 0 aliphatic carbocycles. The lowest BCUT2D eigenvalue weighted by atomic mass is 9.65. The Balaban J connectivity index is 2.15. The Morgan fingerprint density at radius 1 is 1.09 bits per heavy atom. The van der Waals surface area contributed by atoms with Crippen LogP contribution in [0.25, 0.3) is 0 Å². The number of amides is 1. The zero-order chi connectivity index (χ0) is 24.4. The number of alkyl halides is 3. The molecule has 1 N–H and O–H groups in total. The first-order valence-corrected chi connectivity index (χ1v) is 10.8. The molecule has 1 fully saturated rings. The summed E-state index contributed by atoms with van der Waals surface area (Å²) in [5.74, 6) is -1.47. The Morgan fingerprint density at radius 3 is 2.15 bits per heavy atom. The highest BCUT2D eigenvalue weighted by Gasteiger charge is 2.62. The molecule has 0 radical (unpaired) electrons. The van der Waals surface area contributed by atoms with Gasteiger partial charge in [-0.2, -0.15) is 13.2 Å². The summed E-state index contributed by atoms with van der Waals surface area (Å²) in [7, 11) is 0. The molecule has 0 spiro atoms. The van der Waals surface area contributed by atoms with Crippen molar-refractivity contribution in [1.29, 1.82) is 0 Å². The summed E-state index contributed by atoms with van der Waals surface area (Å²) in [6, 6.07) is 10.7. The SMILES string of the molecule is CCOC(=O)C(NC(=O)c1ccc(C(F)(F)F)cc1)(c1ccc(C)cc1)C1(C)CCOC1=S. The van der Waals surface area contributed by atoms with Crippen LogP contribution in [0.15, 0.2) is 48.5 Å². The number of ether oxygens (including phenoxy) is 2. The quantitative estimate of drug-likeness (QED) is 0.469. The van der Waals surface area contributed by atoms with E-state index in [9.17, 15) is 22.8 Å². The lowest BCUT2D eigenvalue weighted by Gasteiger charge is -2.43. The van der Waals surface area contributed by atoms with E-state index < -0.39 is 34.6 Å². The average Bonchev–Trinajstić information content (AvgIpc) is 3.11. The largest absolute Gasteiger partial charge is 0.486 e. The van der Waals surface area contributed by atoms with Gasteiger partial charge < -0.3 is 14.8 Å². The standard InChI is InChI=1S/C24H24F3NO4S/c1-4-31-20(30)23(17-9-5-15(2)6-10-17,22(3)13-14-32-21(22)33)28-19(29)16-7-11-18(12-8-16)24(25,26)27/h5-12H,4,13-14H2,1-3H3,(H,28,29). The van der Waals surface area contributed by atoms with Crippen molar-refractivity contribution >= 4 is 29.1 Å². The molecule has 9 heteroatoms. The fourth-order valence-corrected chi connectivity index (χ4v) is 4.31. The molecule has 0 bridgehead atoms. The van der Waals surface area contributed by atoms with Crippen molar-refractivity contribution in [1.82, 2.24) is 5.32 Å². The number of esters is 1. The highest BCUT2D eigenvalue weighted by atomic mass is 32.1. The van der Waals surface area contributed by atoms with E-state index >= 15 is 0 Å². The van der Waals surface area contributed by atoms with Gasteiger partial charge in [-0.15, -0.1) is 0 Å². The van der Waals surface area contributed by atoms with Crippen molar-refractivity contribution in [2.24, 2.45) is 5.41 Å². The summed E-state index contributed by atoms with van der Waals surface area (Å²) in [6.45, 7) is 5.53. The number of carbonyl (C=O) groups excluding carboxylic acids is 2. The van der Waals surface area contributed by atoms with Crippen LogP contribution in [0.5, 0.6) is 0 Å².